The molecule has 0 saturated heterocycles. The van der Waals surface area contributed by atoms with Crippen LogP contribution in [0.2, 0.25) is 0 Å². The predicted octanol–water partition coefficient (Wildman–Crippen LogP) is 2.71. The largest absolute Gasteiger partial charge is 0.324 e. The van der Waals surface area contributed by atoms with E-state index in [-0.39, 0.29) is 9.92 Å². The lowest BCUT2D eigenvalue weighted by Crippen LogP contribution is -2.24. The molecule has 15 heavy (non-hydrogen) atoms. The summed E-state index contributed by atoms with van der Waals surface area (Å²) >= 11 is 1.16. The third-order valence-corrected chi connectivity index (χ3v) is 2.92. The number of nitrogens with zero attached hydrogens (tertiary/aromatic N) is 1. The van der Waals surface area contributed by atoms with Crippen molar-refractivity contribution < 1.29 is 4.92 Å². The van der Waals surface area contributed by atoms with Crippen molar-refractivity contribution in [2.24, 2.45) is 0 Å². The quantitative estimate of drug-likeness (QED) is 0.461. The molecule has 1 unspecified atom stereocenters. The van der Waals surface area contributed by atoms with Crippen molar-refractivity contribution in [3.8, 4) is 0 Å². The Bertz CT molecular complexity index is 349. The number of thiophene rings is 1. The summed E-state index contributed by atoms with van der Waals surface area (Å²) in [5.74, 6) is 0. The summed E-state index contributed by atoms with van der Waals surface area (Å²) in [6.07, 6.45) is 2.75. The lowest BCUT2D eigenvalue weighted by atomic mass is 10.2. The van der Waals surface area contributed by atoms with E-state index < -0.39 is 0 Å². The molecule has 1 rings (SSSR count). The van der Waals surface area contributed by atoms with E-state index in [1.807, 2.05) is 11.5 Å². The zero-order chi connectivity index (χ0) is 11.3. The first-order valence-electron chi connectivity index (χ1n) is 4.69. The first kappa shape index (κ1) is 11.9. The summed E-state index contributed by atoms with van der Waals surface area (Å²) in [5, 5.41) is 15.7. The highest BCUT2D eigenvalue weighted by Gasteiger charge is 2.09. The fraction of sp³-hybridized carbons (Fsp3) is 0.400. The summed E-state index contributed by atoms with van der Waals surface area (Å²) in [5.41, 5.74) is 0.961. The SMILES string of the molecule is C=CCC(C)NCc1csc([N+](=O)[O-])c1. The van der Waals surface area contributed by atoms with Crippen LogP contribution in [0.3, 0.4) is 0 Å². The van der Waals surface area contributed by atoms with Crippen molar-refractivity contribution in [2.75, 3.05) is 0 Å². The van der Waals surface area contributed by atoms with Gasteiger partial charge in [-0.3, -0.25) is 10.1 Å². The molecular formula is C10H14N2O2S. The Morgan fingerprint density at radius 2 is 2.53 bits per heavy atom. The van der Waals surface area contributed by atoms with Gasteiger partial charge in [0.1, 0.15) is 0 Å². The number of hydrogen-bond acceptors (Lipinski definition) is 4. The van der Waals surface area contributed by atoms with Gasteiger partial charge in [-0.2, -0.15) is 0 Å². The van der Waals surface area contributed by atoms with Crippen LogP contribution in [0.25, 0.3) is 0 Å². The second-order valence-electron chi connectivity index (χ2n) is 3.36. The van der Waals surface area contributed by atoms with Crippen molar-refractivity contribution in [3.05, 3.63) is 39.8 Å². The standard InChI is InChI=1S/C10H14N2O2S/c1-3-4-8(2)11-6-9-5-10(12(13)14)15-7-9/h3,5,7-8,11H,1,4,6H2,2H3. The normalized spacial score (nSPS) is 12.3. The molecule has 4 nitrogen and oxygen atoms in total. The maximum Gasteiger partial charge on any atom is 0.324 e. The van der Waals surface area contributed by atoms with Crippen LogP contribution in [0.15, 0.2) is 24.1 Å². The first-order valence-corrected chi connectivity index (χ1v) is 5.57. The van der Waals surface area contributed by atoms with Gasteiger partial charge in [0.25, 0.3) is 0 Å². The zero-order valence-electron chi connectivity index (χ0n) is 8.60. The van der Waals surface area contributed by atoms with Crippen molar-refractivity contribution in [1.82, 2.24) is 5.32 Å². The summed E-state index contributed by atoms with van der Waals surface area (Å²) in [7, 11) is 0. The minimum absolute atomic E-state index is 0.197. The highest BCUT2D eigenvalue weighted by atomic mass is 32.1. The third kappa shape index (κ3) is 3.81. The molecule has 0 radical (unpaired) electrons. The zero-order valence-corrected chi connectivity index (χ0v) is 9.42. The Balaban J connectivity index is 2.44. The maximum absolute atomic E-state index is 10.4. The molecule has 0 fully saturated rings. The number of hydrogen-bond donors (Lipinski definition) is 1. The monoisotopic (exact) mass is 226 g/mol. The van der Waals surface area contributed by atoms with Gasteiger partial charge in [0.15, 0.2) is 0 Å². The second-order valence-corrected chi connectivity index (χ2v) is 4.25. The Labute approximate surface area is 92.8 Å². The van der Waals surface area contributed by atoms with Gasteiger partial charge in [-0.25, -0.2) is 0 Å². The Hall–Kier alpha value is -1.20. The molecule has 0 bridgehead atoms. The molecule has 1 aromatic heterocycles. The minimum Gasteiger partial charge on any atom is -0.310 e. The fourth-order valence-corrected chi connectivity index (χ4v) is 1.91. The molecule has 5 heteroatoms. The van der Waals surface area contributed by atoms with E-state index >= 15 is 0 Å². The van der Waals surface area contributed by atoms with Crippen LogP contribution in [0.4, 0.5) is 5.00 Å². The van der Waals surface area contributed by atoms with Crippen LogP contribution in [0.1, 0.15) is 18.9 Å². The van der Waals surface area contributed by atoms with Gasteiger partial charge in [0.2, 0.25) is 0 Å². The van der Waals surface area contributed by atoms with Crippen LogP contribution in [-0.2, 0) is 6.54 Å². The van der Waals surface area contributed by atoms with Crippen LogP contribution in [0, 0.1) is 10.1 Å². The van der Waals surface area contributed by atoms with E-state index in [4.69, 9.17) is 0 Å². The van der Waals surface area contributed by atoms with Crippen molar-refractivity contribution in [2.45, 2.75) is 25.9 Å². The average molecular weight is 226 g/mol. The Morgan fingerprint density at radius 1 is 1.80 bits per heavy atom. The molecule has 0 aromatic carbocycles. The molecule has 0 saturated carbocycles. The van der Waals surface area contributed by atoms with E-state index in [1.54, 1.807) is 6.07 Å². The smallest absolute Gasteiger partial charge is 0.310 e. The molecule has 0 aliphatic heterocycles. The van der Waals surface area contributed by atoms with Crippen molar-refractivity contribution in [3.63, 3.8) is 0 Å². The van der Waals surface area contributed by atoms with Crippen molar-refractivity contribution in [1.29, 1.82) is 0 Å². The van der Waals surface area contributed by atoms with Gasteiger partial charge in [-0.15, -0.1) is 6.58 Å². The summed E-state index contributed by atoms with van der Waals surface area (Å²) in [6.45, 7) is 6.38. The van der Waals surface area contributed by atoms with Crippen LogP contribution in [0.5, 0.6) is 0 Å². The Morgan fingerprint density at radius 3 is 3.07 bits per heavy atom. The van der Waals surface area contributed by atoms with E-state index in [1.165, 1.54) is 0 Å². The number of nitro groups is 1. The first-order chi connectivity index (χ1) is 7.13. The van der Waals surface area contributed by atoms with Gasteiger partial charge >= 0.3 is 5.00 Å². The topological polar surface area (TPSA) is 55.2 Å². The van der Waals surface area contributed by atoms with E-state index in [0.29, 0.717) is 12.6 Å². The molecule has 1 aromatic rings. The minimum atomic E-state index is -0.360. The maximum atomic E-state index is 10.4. The van der Waals surface area contributed by atoms with Crippen LogP contribution >= 0.6 is 11.3 Å². The highest BCUT2D eigenvalue weighted by molar-refractivity contribution is 7.13. The molecule has 0 spiro atoms. The lowest BCUT2D eigenvalue weighted by Gasteiger charge is -2.09. The summed E-state index contributed by atoms with van der Waals surface area (Å²) < 4.78 is 0. The summed E-state index contributed by atoms with van der Waals surface area (Å²) in [4.78, 5) is 10.1. The molecule has 0 aliphatic rings. The van der Waals surface area contributed by atoms with Gasteiger partial charge in [0, 0.05) is 24.0 Å². The van der Waals surface area contributed by atoms with E-state index in [9.17, 15) is 10.1 Å². The van der Waals surface area contributed by atoms with E-state index in [2.05, 4.69) is 18.8 Å². The van der Waals surface area contributed by atoms with Gasteiger partial charge in [0.05, 0.1) is 4.92 Å². The second kappa shape index (κ2) is 5.63. The van der Waals surface area contributed by atoms with Gasteiger partial charge in [-0.05, 0) is 18.9 Å². The fourth-order valence-electron chi connectivity index (χ4n) is 1.18. The van der Waals surface area contributed by atoms with Crippen molar-refractivity contribution >= 4 is 16.3 Å². The lowest BCUT2D eigenvalue weighted by molar-refractivity contribution is -0.380. The molecule has 0 amide bonds. The molecule has 82 valence electrons. The third-order valence-electron chi connectivity index (χ3n) is 1.99. The Kier molecular flexibility index (Phi) is 4.45. The predicted molar refractivity (Wildman–Crippen MR) is 62.1 cm³/mol. The molecule has 1 heterocycles. The highest BCUT2D eigenvalue weighted by Crippen LogP contribution is 2.22. The molecule has 1 N–H and O–H groups in total. The van der Waals surface area contributed by atoms with Crippen LogP contribution in [-0.4, -0.2) is 11.0 Å². The van der Waals surface area contributed by atoms with E-state index in [0.717, 1.165) is 23.3 Å². The number of rotatable bonds is 6. The number of nitrogens with one attached hydrogen (secondary N) is 1. The molecule has 1 atom stereocenters. The average Bonchev–Trinajstić information content (AvgIpc) is 2.63. The van der Waals surface area contributed by atoms with Gasteiger partial charge < -0.3 is 5.32 Å². The van der Waals surface area contributed by atoms with Crippen LogP contribution < -0.4 is 5.32 Å². The molecular weight excluding hydrogens is 212 g/mol. The van der Waals surface area contributed by atoms with Gasteiger partial charge in [-0.1, -0.05) is 17.4 Å². The summed E-state index contributed by atoms with van der Waals surface area (Å²) in [6, 6.07) is 1.96. The molecule has 0 aliphatic carbocycles.